The second-order valence-electron chi connectivity index (χ2n) is 9.04. The molecule has 3 aromatic rings. The molecule has 0 spiro atoms. The van der Waals surface area contributed by atoms with Gasteiger partial charge in [0.15, 0.2) is 6.29 Å². The van der Waals surface area contributed by atoms with Gasteiger partial charge in [-0.2, -0.15) is 8.42 Å². The smallest absolute Gasteiger partial charge is 0.266 e. The molecule has 0 bridgehead atoms. The predicted molar refractivity (Wildman–Crippen MR) is 135 cm³/mol. The number of hydrogen-bond donors (Lipinski definition) is 0. The zero-order chi connectivity index (χ0) is 25.7. The Morgan fingerprint density at radius 3 is 1.86 bits per heavy atom. The first-order chi connectivity index (χ1) is 18.0. The van der Waals surface area contributed by atoms with Crippen LogP contribution in [0.25, 0.3) is 0 Å². The average Bonchev–Trinajstić information content (AvgIpc) is 2.91. The fourth-order valence-electron chi connectivity index (χ4n) is 4.48. The Hall–Kier alpha value is -2.63. The largest absolute Gasteiger partial charge is 0.368 e. The van der Waals surface area contributed by atoms with Crippen LogP contribution < -0.4 is 0 Å². The van der Waals surface area contributed by atoms with Crippen LogP contribution in [0.3, 0.4) is 0 Å². The molecule has 37 heavy (non-hydrogen) atoms. The van der Waals surface area contributed by atoms with Crippen molar-refractivity contribution in [2.75, 3.05) is 12.9 Å². The van der Waals surface area contributed by atoms with Crippen LogP contribution >= 0.6 is 0 Å². The van der Waals surface area contributed by atoms with Crippen LogP contribution in [0, 0.1) is 0 Å². The first-order valence-corrected chi connectivity index (χ1v) is 13.9. The standard InChI is InChI=1S/C28H30O8S/c1-37(29,30)36-28-26(32-18-21-13-7-3-8-14-21)25(31-17-20-11-5-2-6-12-20)24-23(34-28)19-33-27(35-24)22-15-9-4-10-16-22/h2-16,23-28H,17-19H2,1H3/t23-,24-,25+,26-,27?,28+/m1/s1. The van der Waals surface area contributed by atoms with E-state index in [-0.39, 0.29) is 19.8 Å². The fourth-order valence-corrected chi connectivity index (χ4v) is 4.97. The third-order valence-electron chi connectivity index (χ3n) is 6.20. The minimum absolute atomic E-state index is 0.171. The Morgan fingerprint density at radius 2 is 1.30 bits per heavy atom. The van der Waals surface area contributed by atoms with Crippen LogP contribution in [0.15, 0.2) is 91.0 Å². The summed E-state index contributed by atoms with van der Waals surface area (Å²) in [5, 5.41) is 0. The summed E-state index contributed by atoms with van der Waals surface area (Å²) in [6.07, 6.45) is -3.70. The van der Waals surface area contributed by atoms with E-state index in [9.17, 15) is 8.42 Å². The van der Waals surface area contributed by atoms with Crippen LogP contribution in [0.1, 0.15) is 23.0 Å². The molecule has 0 aromatic heterocycles. The van der Waals surface area contributed by atoms with Crippen molar-refractivity contribution in [2.45, 2.75) is 50.2 Å². The highest BCUT2D eigenvalue weighted by atomic mass is 32.2. The SMILES string of the molecule is CS(=O)(=O)O[C@@H]1O[C@@H]2COC(c3ccccc3)O[C@H]2[C@H](OCc2ccccc2)[C@H]1OCc1ccccc1. The van der Waals surface area contributed by atoms with E-state index < -0.39 is 47.1 Å². The summed E-state index contributed by atoms with van der Waals surface area (Å²) in [4.78, 5) is 0. The van der Waals surface area contributed by atoms with Crippen molar-refractivity contribution in [1.82, 2.24) is 0 Å². The third-order valence-corrected chi connectivity index (χ3v) is 6.73. The molecule has 3 aromatic carbocycles. The van der Waals surface area contributed by atoms with Gasteiger partial charge in [-0.15, -0.1) is 0 Å². The normalized spacial score (nSPS) is 27.9. The van der Waals surface area contributed by atoms with Crippen molar-refractivity contribution >= 4 is 10.1 Å². The second-order valence-corrected chi connectivity index (χ2v) is 10.6. The summed E-state index contributed by atoms with van der Waals surface area (Å²) in [5.41, 5.74) is 2.73. The number of fused-ring (bicyclic) bond motifs is 1. The third kappa shape index (κ3) is 6.82. The Bertz CT molecular complexity index is 1220. The minimum atomic E-state index is -3.86. The highest BCUT2D eigenvalue weighted by Crippen LogP contribution is 2.37. The van der Waals surface area contributed by atoms with Crippen LogP contribution in [0.4, 0.5) is 0 Å². The van der Waals surface area contributed by atoms with Crippen LogP contribution in [0.5, 0.6) is 0 Å². The monoisotopic (exact) mass is 526 g/mol. The van der Waals surface area contributed by atoms with Crippen LogP contribution in [-0.2, 0) is 51.2 Å². The van der Waals surface area contributed by atoms with Crippen LogP contribution in [0.2, 0.25) is 0 Å². The molecule has 6 atom stereocenters. The molecule has 2 fully saturated rings. The van der Waals surface area contributed by atoms with E-state index in [1.807, 2.05) is 91.0 Å². The predicted octanol–water partition coefficient (Wildman–Crippen LogP) is 3.97. The van der Waals surface area contributed by atoms with Gasteiger partial charge in [0.2, 0.25) is 6.29 Å². The maximum atomic E-state index is 12.1. The van der Waals surface area contributed by atoms with E-state index in [0.717, 1.165) is 22.9 Å². The Balaban J connectivity index is 1.44. The molecule has 2 saturated heterocycles. The van der Waals surface area contributed by atoms with Gasteiger partial charge >= 0.3 is 0 Å². The molecular formula is C28H30O8S. The average molecular weight is 527 g/mol. The summed E-state index contributed by atoms with van der Waals surface area (Å²) in [6, 6.07) is 28.9. The van der Waals surface area contributed by atoms with Crippen molar-refractivity contribution in [3.05, 3.63) is 108 Å². The number of hydrogen-bond acceptors (Lipinski definition) is 8. The molecule has 2 heterocycles. The number of ether oxygens (including phenoxy) is 5. The molecule has 2 aliphatic heterocycles. The van der Waals surface area contributed by atoms with Gasteiger partial charge in [0, 0.05) is 5.56 Å². The Kier molecular flexibility index (Phi) is 8.31. The van der Waals surface area contributed by atoms with E-state index in [1.54, 1.807) is 0 Å². The van der Waals surface area contributed by atoms with Crippen molar-refractivity contribution < 1.29 is 36.3 Å². The van der Waals surface area contributed by atoms with E-state index in [1.165, 1.54) is 0 Å². The fraction of sp³-hybridized carbons (Fsp3) is 0.357. The van der Waals surface area contributed by atoms with Gasteiger partial charge in [-0.1, -0.05) is 91.0 Å². The Labute approximate surface area is 217 Å². The summed E-state index contributed by atoms with van der Waals surface area (Å²) < 4.78 is 60.7. The first-order valence-electron chi connectivity index (χ1n) is 12.1. The highest BCUT2D eigenvalue weighted by Gasteiger charge is 2.52. The van der Waals surface area contributed by atoms with E-state index in [0.29, 0.717) is 0 Å². The molecule has 0 N–H and O–H groups in total. The van der Waals surface area contributed by atoms with Gasteiger partial charge in [0.25, 0.3) is 10.1 Å². The maximum absolute atomic E-state index is 12.1. The van der Waals surface area contributed by atoms with Crippen LogP contribution in [-0.4, -0.2) is 52.0 Å². The quantitative estimate of drug-likeness (QED) is 0.387. The molecule has 0 saturated carbocycles. The van der Waals surface area contributed by atoms with E-state index in [2.05, 4.69) is 0 Å². The van der Waals surface area contributed by atoms with Gasteiger partial charge in [-0.05, 0) is 11.1 Å². The molecule has 8 nitrogen and oxygen atoms in total. The lowest BCUT2D eigenvalue weighted by Gasteiger charge is -2.48. The van der Waals surface area contributed by atoms with Crippen molar-refractivity contribution in [3.8, 4) is 0 Å². The van der Waals surface area contributed by atoms with Crippen molar-refractivity contribution in [2.24, 2.45) is 0 Å². The minimum Gasteiger partial charge on any atom is -0.368 e. The Morgan fingerprint density at radius 1 is 0.757 bits per heavy atom. The van der Waals surface area contributed by atoms with Gasteiger partial charge in [0.1, 0.15) is 24.4 Å². The van der Waals surface area contributed by atoms with Gasteiger partial charge in [-0.25, -0.2) is 4.18 Å². The number of rotatable bonds is 9. The summed E-state index contributed by atoms with van der Waals surface area (Å²) in [5.74, 6) is 0. The topological polar surface area (TPSA) is 89.5 Å². The lowest BCUT2D eigenvalue weighted by molar-refractivity contribution is -0.361. The lowest BCUT2D eigenvalue weighted by atomic mass is 9.97. The van der Waals surface area contributed by atoms with Gasteiger partial charge in [0.05, 0.1) is 26.1 Å². The molecule has 5 rings (SSSR count). The maximum Gasteiger partial charge on any atom is 0.266 e. The zero-order valence-corrected chi connectivity index (χ0v) is 21.2. The molecule has 0 aliphatic carbocycles. The molecule has 0 amide bonds. The van der Waals surface area contributed by atoms with Gasteiger partial charge < -0.3 is 23.7 Å². The summed E-state index contributed by atoms with van der Waals surface area (Å²) in [6.45, 7) is 0.649. The molecule has 196 valence electrons. The molecular weight excluding hydrogens is 496 g/mol. The lowest BCUT2D eigenvalue weighted by Crippen LogP contribution is -2.63. The molecule has 9 heteroatoms. The van der Waals surface area contributed by atoms with Gasteiger partial charge in [-0.3, -0.25) is 0 Å². The molecule has 0 radical (unpaired) electrons. The van der Waals surface area contributed by atoms with Crippen molar-refractivity contribution in [1.29, 1.82) is 0 Å². The van der Waals surface area contributed by atoms with E-state index >= 15 is 0 Å². The zero-order valence-electron chi connectivity index (χ0n) is 20.4. The molecule has 2 aliphatic rings. The molecule has 1 unspecified atom stereocenters. The second kappa shape index (κ2) is 11.8. The number of benzene rings is 3. The first kappa shape index (κ1) is 26.0. The van der Waals surface area contributed by atoms with Crippen molar-refractivity contribution in [3.63, 3.8) is 0 Å². The summed E-state index contributed by atoms with van der Waals surface area (Å²) in [7, 11) is -3.86. The highest BCUT2D eigenvalue weighted by molar-refractivity contribution is 7.86. The summed E-state index contributed by atoms with van der Waals surface area (Å²) >= 11 is 0. The van der Waals surface area contributed by atoms with E-state index in [4.69, 9.17) is 27.9 Å².